The summed E-state index contributed by atoms with van der Waals surface area (Å²) in [7, 11) is 0. The lowest BCUT2D eigenvalue weighted by atomic mass is 10.1. The molecule has 0 atom stereocenters. The first kappa shape index (κ1) is 18.7. The number of imidazole rings is 1. The molecule has 0 saturated carbocycles. The lowest BCUT2D eigenvalue weighted by Gasteiger charge is -2.29. The van der Waals surface area contributed by atoms with E-state index in [1.54, 1.807) is 0 Å². The van der Waals surface area contributed by atoms with Gasteiger partial charge in [-0.1, -0.05) is 42.0 Å². The van der Waals surface area contributed by atoms with Crippen molar-refractivity contribution in [2.24, 2.45) is 0 Å². The highest BCUT2D eigenvalue weighted by molar-refractivity contribution is 5.71. The number of hydrogen-bond donors (Lipinski definition) is 0. The van der Waals surface area contributed by atoms with E-state index in [1.165, 1.54) is 22.2 Å². The minimum atomic E-state index is 0.566. The molecular formula is C23H32N3+. The Morgan fingerprint density at radius 3 is 2.38 bits per heavy atom. The summed E-state index contributed by atoms with van der Waals surface area (Å²) in [5.74, 6) is 0. The Morgan fingerprint density at radius 1 is 0.962 bits per heavy atom. The molecule has 138 valence electrons. The van der Waals surface area contributed by atoms with Crippen LogP contribution in [0.15, 0.2) is 54.9 Å². The third-order valence-corrected chi connectivity index (χ3v) is 5.14. The van der Waals surface area contributed by atoms with Crippen LogP contribution in [0.4, 0.5) is 0 Å². The van der Waals surface area contributed by atoms with Gasteiger partial charge in [0.1, 0.15) is 13.1 Å². The molecule has 0 aliphatic heterocycles. The van der Waals surface area contributed by atoms with Crippen LogP contribution >= 0.6 is 0 Å². The van der Waals surface area contributed by atoms with Gasteiger partial charge in [0.2, 0.25) is 6.33 Å². The van der Waals surface area contributed by atoms with Crippen LogP contribution < -0.4 is 4.57 Å². The highest BCUT2D eigenvalue weighted by Gasteiger charge is 2.18. The standard InChI is InChI=1S/C23H32N3/c1-18(2)26(19(3)4)14-13-24-17-25(23-12-7-6-11-22(23)24)16-21-10-8-9-20(5)15-21/h6-12,15,17-19H,13-14,16H2,1-5H3/q+1. The first-order valence-corrected chi connectivity index (χ1v) is 9.74. The highest BCUT2D eigenvalue weighted by atomic mass is 15.2. The Kier molecular flexibility index (Phi) is 5.77. The van der Waals surface area contributed by atoms with Crippen LogP contribution in [0.1, 0.15) is 38.8 Å². The second-order valence-electron chi connectivity index (χ2n) is 7.84. The molecule has 0 N–H and O–H groups in total. The monoisotopic (exact) mass is 350 g/mol. The van der Waals surface area contributed by atoms with Gasteiger partial charge in [-0.3, -0.25) is 4.90 Å². The van der Waals surface area contributed by atoms with Crippen molar-refractivity contribution >= 4 is 11.0 Å². The van der Waals surface area contributed by atoms with Gasteiger partial charge in [-0.2, -0.15) is 0 Å². The number of para-hydroxylation sites is 2. The molecule has 26 heavy (non-hydrogen) atoms. The van der Waals surface area contributed by atoms with E-state index in [4.69, 9.17) is 0 Å². The molecule has 0 fully saturated rings. The molecule has 0 radical (unpaired) electrons. The molecule has 3 nitrogen and oxygen atoms in total. The van der Waals surface area contributed by atoms with Gasteiger partial charge in [0, 0.05) is 18.6 Å². The van der Waals surface area contributed by atoms with E-state index in [0.29, 0.717) is 12.1 Å². The molecule has 3 aromatic rings. The summed E-state index contributed by atoms with van der Waals surface area (Å²) in [5, 5.41) is 0. The first-order chi connectivity index (χ1) is 12.5. The zero-order chi connectivity index (χ0) is 18.7. The summed E-state index contributed by atoms with van der Waals surface area (Å²) in [4.78, 5) is 2.56. The highest BCUT2D eigenvalue weighted by Crippen LogP contribution is 2.13. The van der Waals surface area contributed by atoms with Crippen molar-refractivity contribution in [3.8, 4) is 0 Å². The van der Waals surface area contributed by atoms with Crippen molar-refractivity contribution in [2.45, 2.75) is 59.8 Å². The van der Waals surface area contributed by atoms with Crippen LogP contribution in [0.3, 0.4) is 0 Å². The molecule has 0 unspecified atom stereocenters. The Bertz CT molecular complexity index is 853. The van der Waals surface area contributed by atoms with E-state index in [9.17, 15) is 0 Å². The second kappa shape index (κ2) is 8.05. The van der Waals surface area contributed by atoms with Crippen LogP contribution in [0.5, 0.6) is 0 Å². The number of fused-ring (bicyclic) bond motifs is 1. The van der Waals surface area contributed by atoms with E-state index in [-0.39, 0.29) is 0 Å². The van der Waals surface area contributed by atoms with Gasteiger partial charge in [-0.05, 0) is 52.3 Å². The quantitative estimate of drug-likeness (QED) is 0.575. The maximum atomic E-state index is 2.56. The molecule has 0 bridgehead atoms. The molecule has 0 aliphatic rings. The lowest BCUT2D eigenvalue weighted by molar-refractivity contribution is -0.663. The van der Waals surface area contributed by atoms with Crippen LogP contribution in [-0.2, 0) is 13.1 Å². The number of aromatic nitrogens is 2. The van der Waals surface area contributed by atoms with Crippen LogP contribution in [0.25, 0.3) is 11.0 Å². The van der Waals surface area contributed by atoms with Crippen molar-refractivity contribution in [3.63, 3.8) is 0 Å². The van der Waals surface area contributed by atoms with Crippen molar-refractivity contribution < 1.29 is 4.57 Å². The summed E-state index contributed by atoms with van der Waals surface area (Å²) in [5.41, 5.74) is 5.28. The molecule has 3 heteroatoms. The Hall–Kier alpha value is -2.13. The summed E-state index contributed by atoms with van der Waals surface area (Å²) < 4.78 is 4.78. The smallest absolute Gasteiger partial charge is 0.245 e. The Labute approximate surface area is 157 Å². The van der Waals surface area contributed by atoms with E-state index >= 15 is 0 Å². The minimum Gasteiger partial charge on any atom is -0.295 e. The molecular weight excluding hydrogens is 318 g/mol. The normalized spacial score (nSPS) is 12.0. The SMILES string of the molecule is Cc1cccc(C[n+]2cn(CCN(C(C)C)C(C)C)c3ccccc32)c1. The summed E-state index contributed by atoms with van der Waals surface area (Å²) in [6.45, 7) is 14.3. The van der Waals surface area contributed by atoms with Gasteiger partial charge in [0.05, 0.1) is 0 Å². The molecule has 0 saturated heterocycles. The predicted octanol–water partition coefficient (Wildman–Crippen LogP) is 4.40. The van der Waals surface area contributed by atoms with Gasteiger partial charge >= 0.3 is 0 Å². The maximum absolute atomic E-state index is 2.56. The Morgan fingerprint density at radius 2 is 1.69 bits per heavy atom. The van der Waals surface area contributed by atoms with Gasteiger partial charge in [-0.25, -0.2) is 9.13 Å². The predicted molar refractivity (Wildman–Crippen MR) is 109 cm³/mol. The third kappa shape index (κ3) is 4.16. The average Bonchev–Trinajstić information content (AvgIpc) is 2.93. The van der Waals surface area contributed by atoms with Crippen molar-refractivity contribution in [3.05, 3.63) is 66.0 Å². The average molecular weight is 351 g/mol. The molecule has 0 amide bonds. The van der Waals surface area contributed by atoms with Crippen LogP contribution in [-0.4, -0.2) is 28.1 Å². The summed E-state index contributed by atoms with van der Waals surface area (Å²) in [6, 6.07) is 18.7. The fraction of sp³-hybridized carbons (Fsp3) is 0.435. The fourth-order valence-corrected chi connectivity index (χ4v) is 3.89. The zero-order valence-corrected chi connectivity index (χ0v) is 16.8. The van der Waals surface area contributed by atoms with Gasteiger partial charge in [0.15, 0.2) is 11.0 Å². The number of hydrogen-bond acceptors (Lipinski definition) is 1. The van der Waals surface area contributed by atoms with Crippen molar-refractivity contribution in [1.82, 2.24) is 9.47 Å². The molecule has 1 aromatic heterocycles. The largest absolute Gasteiger partial charge is 0.295 e. The number of aryl methyl sites for hydroxylation is 1. The van der Waals surface area contributed by atoms with E-state index in [2.05, 4.69) is 104 Å². The Balaban J connectivity index is 1.87. The minimum absolute atomic E-state index is 0.566. The van der Waals surface area contributed by atoms with Crippen LogP contribution in [0, 0.1) is 6.92 Å². The van der Waals surface area contributed by atoms with Gasteiger partial charge in [0.25, 0.3) is 0 Å². The topological polar surface area (TPSA) is 12.0 Å². The first-order valence-electron chi connectivity index (χ1n) is 9.74. The van der Waals surface area contributed by atoms with Crippen molar-refractivity contribution in [2.75, 3.05) is 6.54 Å². The summed E-state index contributed by atoms with van der Waals surface area (Å²) >= 11 is 0. The third-order valence-electron chi connectivity index (χ3n) is 5.14. The number of benzene rings is 2. The second-order valence-corrected chi connectivity index (χ2v) is 7.84. The number of rotatable bonds is 7. The molecule has 0 spiro atoms. The summed E-state index contributed by atoms with van der Waals surface area (Å²) in [6.07, 6.45) is 2.28. The number of nitrogens with zero attached hydrogens (tertiary/aromatic N) is 3. The van der Waals surface area contributed by atoms with E-state index < -0.39 is 0 Å². The molecule has 0 aliphatic carbocycles. The maximum Gasteiger partial charge on any atom is 0.245 e. The van der Waals surface area contributed by atoms with E-state index in [1.807, 2.05) is 0 Å². The van der Waals surface area contributed by atoms with Crippen molar-refractivity contribution in [1.29, 1.82) is 0 Å². The zero-order valence-electron chi connectivity index (χ0n) is 16.8. The van der Waals surface area contributed by atoms with E-state index in [0.717, 1.165) is 19.6 Å². The lowest BCUT2D eigenvalue weighted by Crippen LogP contribution is -2.39. The van der Waals surface area contributed by atoms with Crippen LogP contribution in [0.2, 0.25) is 0 Å². The van der Waals surface area contributed by atoms with Gasteiger partial charge < -0.3 is 0 Å². The molecule has 3 rings (SSSR count). The molecule has 1 heterocycles. The fourth-order valence-electron chi connectivity index (χ4n) is 3.89. The van der Waals surface area contributed by atoms with Gasteiger partial charge in [-0.15, -0.1) is 0 Å². The molecule has 2 aromatic carbocycles.